The van der Waals surface area contributed by atoms with E-state index in [1.54, 1.807) is 6.92 Å². The molecule has 0 radical (unpaired) electrons. The van der Waals surface area contributed by atoms with Crippen molar-refractivity contribution in [3.05, 3.63) is 71.9 Å². The number of rotatable bonds is 11. The first kappa shape index (κ1) is 29.3. The number of hydrogen-bond acceptors (Lipinski definition) is 5. The molecule has 4 aliphatic rings. The zero-order valence-electron chi connectivity index (χ0n) is 25.1. The van der Waals surface area contributed by atoms with Gasteiger partial charge in [-0.15, -0.1) is 0 Å². The molecule has 2 amide bonds. The minimum absolute atomic E-state index is 0.0842. The van der Waals surface area contributed by atoms with E-state index in [0.717, 1.165) is 59.5 Å². The van der Waals surface area contributed by atoms with Crippen LogP contribution < -0.4 is 10.6 Å². The number of benzene rings is 2. The molecule has 8 heteroatoms. The van der Waals surface area contributed by atoms with E-state index in [-0.39, 0.29) is 36.9 Å². The van der Waals surface area contributed by atoms with Crippen LogP contribution in [0.3, 0.4) is 0 Å². The topological polar surface area (TPSA) is 110 Å². The largest absolute Gasteiger partial charge is 0.469 e. The molecule has 4 aliphatic carbocycles. The third-order valence-electron chi connectivity index (χ3n) is 10.1. The molecule has 228 valence electrons. The highest BCUT2D eigenvalue weighted by molar-refractivity contribution is 5.91. The van der Waals surface area contributed by atoms with E-state index >= 15 is 0 Å². The van der Waals surface area contributed by atoms with E-state index in [4.69, 9.17) is 9.47 Å². The zero-order valence-corrected chi connectivity index (χ0v) is 25.1. The van der Waals surface area contributed by atoms with Gasteiger partial charge in [0.15, 0.2) is 0 Å². The lowest BCUT2D eigenvalue weighted by molar-refractivity contribution is -0.141. The molecule has 0 saturated heterocycles. The van der Waals surface area contributed by atoms with Crippen LogP contribution in [0.25, 0.3) is 10.9 Å². The first-order valence-corrected chi connectivity index (χ1v) is 15.7. The number of alkyl carbamates (subject to hydrolysis) is 1. The standard InChI is InChI=1S/C35H43N3O5/c1-35(20-27-21-36-30-11-7-6-10-29(27)30,38-34(41)43-32-25-15-23-14-24(17-25)18-26(32)16-23)33(40)37-28(12-13-31(39)42-2)19-22-8-4-3-5-9-22/h3-11,21,23-26,28,32,36H,12-20H2,1-2H3,(H,37,40)(H,38,41)/t23?,24?,25?,26?,28-,32?,35-/m1/s1. The molecule has 7 rings (SSSR count). The van der Waals surface area contributed by atoms with Crippen molar-refractivity contribution in [2.45, 2.75) is 82.4 Å². The Morgan fingerprint density at radius 2 is 1.63 bits per heavy atom. The number of hydrogen-bond donors (Lipinski definition) is 3. The minimum Gasteiger partial charge on any atom is -0.469 e. The number of aromatic amines is 1. The average Bonchev–Trinajstić information content (AvgIpc) is 3.40. The molecule has 1 heterocycles. The molecule has 43 heavy (non-hydrogen) atoms. The smallest absolute Gasteiger partial charge is 0.408 e. The minimum atomic E-state index is -1.30. The summed E-state index contributed by atoms with van der Waals surface area (Å²) < 4.78 is 11.0. The maximum Gasteiger partial charge on any atom is 0.408 e. The Bertz CT molecular complexity index is 1420. The molecule has 2 atom stereocenters. The van der Waals surface area contributed by atoms with Crippen molar-refractivity contribution in [2.24, 2.45) is 23.7 Å². The van der Waals surface area contributed by atoms with Gasteiger partial charge in [-0.1, -0.05) is 48.5 Å². The third-order valence-corrected chi connectivity index (χ3v) is 10.1. The molecule has 0 aliphatic heterocycles. The number of para-hydroxylation sites is 1. The number of H-pyrrole nitrogens is 1. The lowest BCUT2D eigenvalue weighted by Crippen LogP contribution is -2.61. The highest BCUT2D eigenvalue weighted by Crippen LogP contribution is 2.54. The van der Waals surface area contributed by atoms with Gasteiger partial charge in [0.2, 0.25) is 5.91 Å². The molecule has 0 spiro atoms. The Morgan fingerprint density at radius 3 is 2.33 bits per heavy atom. The second-order valence-corrected chi connectivity index (χ2v) is 13.3. The first-order chi connectivity index (χ1) is 20.8. The van der Waals surface area contributed by atoms with E-state index in [1.165, 1.54) is 13.5 Å². The average molecular weight is 586 g/mol. The van der Waals surface area contributed by atoms with Crippen LogP contribution in [-0.4, -0.2) is 47.7 Å². The van der Waals surface area contributed by atoms with E-state index in [0.29, 0.717) is 24.7 Å². The lowest BCUT2D eigenvalue weighted by atomic mass is 9.55. The number of fused-ring (bicyclic) bond motifs is 1. The monoisotopic (exact) mass is 585 g/mol. The summed E-state index contributed by atoms with van der Waals surface area (Å²) in [4.78, 5) is 43.1. The number of ether oxygens (including phenoxy) is 2. The van der Waals surface area contributed by atoms with Gasteiger partial charge in [0.1, 0.15) is 11.6 Å². The summed E-state index contributed by atoms with van der Waals surface area (Å²) in [6, 6.07) is 17.5. The highest BCUT2D eigenvalue weighted by Gasteiger charge is 2.50. The van der Waals surface area contributed by atoms with Gasteiger partial charge in [-0.2, -0.15) is 0 Å². The normalized spacial score (nSPS) is 26.0. The predicted octanol–water partition coefficient (Wildman–Crippen LogP) is 5.70. The van der Waals surface area contributed by atoms with Crippen LogP contribution in [0.15, 0.2) is 60.8 Å². The maximum absolute atomic E-state index is 14.2. The van der Waals surface area contributed by atoms with Crippen LogP contribution >= 0.6 is 0 Å². The molecule has 0 unspecified atom stereocenters. The summed E-state index contributed by atoms with van der Waals surface area (Å²) in [5, 5.41) is 7.21. The maximum atomic E-state index is 14.2. The van der Waals surface area contributed by atoms with E-state index in [9.17, 15) is 14.4 Å². The van der Waals surface area contributed by atoms with Crippen LogP contribution in [0.4, 0.5) is 4.79 Å². The fourth-order valence-electron chi connectivity index (χ4n) is 8.15. The Hall–Kier alpha value is -3.81. The first-order valence-electron chi connectivity index (χ1n) is 15.7. The molecule has 3 aromatic rings. The van der Waals surface area contributed by atoms with Crippen molar-refractivity contribution in [3.63, 3.8) is 0 Å². The number of carbonyl (C=O) groups excluding carboxylic acids is 3. The Labute approximate surface area is 253 Å². The summed E-state index contributed by atoms with van der Waals surface area (Å²) >= 11 is 0. The number of carbonyl (C=O) groups is 3. The second kappa shape index (κ2) is 12.4. The molecule has 4 saturated carbocycles. The molecule has 8 nitrogen and oxygen atoms in total. The molecular formula is C35H43N3O5. The van der Waals surface area contributed by atoms with Crippen LogP contribution in [0, 0.1) is 23.7 Å². The summed E-state index contributed by atoms with van der Waals surface area (Å²) in [6.07, 6.45) is 8.57. The van der Waals surface area contributed by atoms with Crippen molar-refractivity contribution in [3.8, 4) is 0 Å². The van der Waals surface area contributed by atoms with E-state index in [2.05, 4.69) is 15.6 Å². The molecular weight excluding hydrogens is 542 g/mol. The van der Waals surface area contributed by atoms with Gasteiger partial charge >= 0.3 is 12.1 Å². The summed E-state index contributed by atoms with van der Waals surface area (Å²) in [5.74, 6) is 1.75. The Morgan fingerprint density at radius 1 is 0.953 bits per heavy atom. The second-order valence-electron chi connectivity index (χ2n) is 13.3. The van der Waals surface area contributed by atoms with Gasteiger partial charge in [0.05, 0.1) is 7.11 Å². The van der Waals surface area contributed by atoms with Crippen molar-refractivity contribution in [1.29, 1.82) is 0 Å². The zero-order chi connectivity index (χ0) is 30.0. The van der Waals surface area contributed by atoms with Gasteiger partial charge in [-0.25, -0.2) is 4.79 Å². The SMILES string of the molecule is COC(=O)CC[C@H](Cc1ccccc1)NC(=O)[C@@](C)(Cc1c[nH]c2ccccc12)NC(=O)OC1C2CC3CC(C2)CC1C3. The van der Waals surface area contributed by atoms with Gasteiger partial charge in [0.25, 0.3) is 0 Å². The summed E-state index contributed by atoms with van der Waals surface area (Å²) in [5.41, 5.74) is 1.65. The fourth-order valence-corrected chi connectivity index (χ4v) is 8.15. The van der Waals surface area contributed by atoms with Crippen molar-refractivity contribution in [2.75, 3.05) is 7.11 Å². The Balaban J connectivity index is 1.22. The van der Waals surface area contributed by atoms with E-state index in [1.807, 2.05) is 60.8 Å². The highest BCUT2D eigenvalue weighted by atomic mass is 16.6. The van der Waals surface area contributed by atoms with Gasteiger partial charge < -0.3 is 25.1 Å². The van der Waals surface area contributed by atoms with Crippen LogP contribution in [-0.2, 0) is 31.9 Å². The van der Waals surface area contributed by atoms with Gasteiger partial charge in [-0.3, -0.25) is 9.59 Å². The molecule has 3 N–H and O–H groups in total. The summed E-state index contributed by atoms with van der Waals surface area (Å²) in [6.45, 7) is 1.77. The van der Waals surface area contributed by atoms with Crippen molar-refractivity contribution < 1.29 is 23.9 Å². The third kappa shape index (κ3) is 6.58. The number of amides is 2. The number of methoxy groups -OCH3 is 1. The van der Waals surface area contributed by atoms with E-state index < -0.39 is 11.6 Å². The molecule has 4 bridgehead atoms. The quantitative estimate of drug-likeness (QED) is 0.250. The fraction of sp³-hybridized carbons (Fsp3) is 0.514. The molecule has 2 aromatic carbocycles. The number of esters is 1. The number of aromatic nitrogens is 1. The van der Waals surface area contributed by atoms with Crippen molar-refractivity contribution >= 4 is 28.9 Å². The summed E-state index contributed by atoms with van der Waals surface area (Å²) in [7, 11) is 1.37. The molecule has 4 fully saturated rings. The lowest BCUT2D eigenvalue weighted by Gasteiger charge is -2.53. The number of nitrogens with one attached hydrogen (secondary N) is 3. The van der Waals surface area contributed by atoms with Crippen molar-refractivity contribution in [1.82, 2.24) is 15.6 Å². The molecule has 1 aromatic heterocycles. The van der Waals surface area contributed by atoms with Crippen LogP contribution in [0.2, 0.25) is 0 Å². The van der Waals surface area contributed by atoms with Crippen LogP contribution in [0.5, 0.6) is 0 Å². The van der Waals surface area contributed by atoms with Crippen LogP contribution in [0.1, 0.15) is 63.0 Å². The predicted molar refractivity (Wildman–Crippen MR) is 164 cm³/mol. The van der Waals surface area contributed by atoms with Gasteiger partial charge in [0, 0.05) is 36.0 Å². The van der Waals surface area contributed by atoms with Gasteiger partial charge in [-0.05, 0) is 92.7 Å². The Kier molecular flexibility index (Phi) is 8.46.